The maximum atomic E-state index is 10.7. The van der Waals surface area contributed by atoms with Crippen LogP contribution in [0.4, 0.5) is 11.6 Å². The third-order valence-electron chi connectivity index (χ3n) is 6.22. The summed E-state index contributed by atoms with van der Waals surface area (Å²) in [5.41, 5.74) is 9.67. The number of aliphatic hydroxyl groups excluding tert-OH is 3. The number of nitrogens with one attached hydrogen (secondary N) is 1. The molecule has 2 aromatic carbocycles. The van der Waals surface area contributed by atoms with Gasteiger partial charge in [-0.2, -0.15) is 5.26 Å². The van der Waals surface area contributed by atoms with Crippen molar-refractivity contribution in [3.63, 3.8) is 0 Å². The first-order chi connectivity index (χ1) is 17.0. The second-order valence-corrected chi connectivity index (χ2v) is 8.31. The first-order valence-corrected chi connectivity index (χ1v) is 11.1. The smallest absolute Gasteiger partial charge is 0.166 e. The standard InChI is InChI=1S/C25H24N6O4/c26-10-17-19-22(27)29-13-30-24(19)31(25-21(34)20(33)18(12-32)35-25)23(17)28-11-14-6-8-16(9-7-14)15-4-2-1-3-5-15/h1-9,13,18,20-21,25,28,32-34H,11-12H2,(H2,27,29,30)/t18?,20-,21-,25?/m1/s1. The normalized spacial score (nSPS) is 21.8. The highest BCUT2D eigenvalue weighted by molar-refractivity contribution is 5.97. The highest BCUT2D eigenvalue weighted by atomic mass is 16.6. The van der Waals surface area contributed by atoms with Crippen molar-refractivity contribution in [2.24, 2.45) is 0 Å². The molecule has 1 aliphatic rings. The van der Waals surface area contributed by atoms with Gasteiger partial charge in [0.2, 0.25) is 0 Å². The summed E-state index contributed by atoms with van der Waals surface area (Å²) < 4.78 is 7.24. The van der Waals surface area contributed by atoms with Gasteiger partial charge in [-0.3, -0.25) is 4.57 Å². The fourth-order valence-corrected chi connectivity index (χ4v) is 4.41. The van der Waals surface area contributed by atoms with Crippen molar-refractivity contribution in [1.82, 2.24) is 14.5 Å². The number of fused-ring (bicyclic) bond motifs is 1. The van der Waals surface area contributed by atoms with E-state index >= 15 is 0 Å². The van der Waals surface area contributed by atoms with Gasteiger partial charge >= 0.3 is 0 Å². The molecular formula is C25H24N6O4. The molecule has 4 aromatic rings. The van der Waals surface area contributed by atoms with Crippen molar-refractivity contribution in [1.29, 1.82) is 5.26 Å². The summed E-state index contributed by atoms with van der Waals surface area (Å²) >= 11 is 0. The molecule has 6 N–H and O–H groups in total. The third-order valence-corrected chi connectivity index (χ3v) is 6.22. The number of nitriles is 1. The van der Waals surface area contributed by atoms with Crippen LogP contribution in [0.15, 0.2) is 60.9 Å². The molecule has 0 bridgehead atoms. The van der Waals surface area contributed by atoms with Crippen LogP contribution in [0, 0.1) is 11.3 Å². The summed E-state index contributed by atoms with van der Waals surface area (Å²) in [6, 6.07) is 20.2. The summed E-state index contributed by atoms with van der Waals surface area (Å²) in [7, 11) is 0. The first kappa shape index (κ1) is 22.8. The quantitative estimate of drug-likeness (QED) is 0.281. The molecule has 10 nitrogen and oxygen atoms in total. The number of hydrogen-bond donors (Lipinski definition) is 5. The first-order valence-electron chi connectivity index (χ1n) is 11.1. The van der Waals surface area contributed by atoms with Gasteiger partial charge in [0, 0.05) is 6.54 Å². The number of aliphatic hydroxyl groups is 3. The van der Waals surface area contributed by atoms with Crippen molar-refractivity contribution in [2.45, 2.75) is 31.1 Å². The second kappa shape index (κ2) is 9.32. The molecule has 3 heterocycles. The molecule has 35 heavy (non-hydrogen) atoms. The van der Waals surface area contributed by atoms with Crippen LogP contribution in [0.3, 0.4) is 0 Å². The van der Waals surface area contributed by atoms with Crippen molar-refractivity contribution >= 4 is 22.7 Å². The van der Waals surface area contributed by atoms with Crippen LogP contribution in [-0.2, 0) is 11.3 Å². The van der Waals surface area contributed by atoms with Crippen LogP contribution in [-0.4, -0.2) is 54.8 Å². The van der Waals surface area contributed by atoms with Crippen molar-refractivity contribution in [2.75, 3.05) is 17.7 Å². The molecule has 1 fully saturated rings. The minimum absolute atomic E-state index is 0.104. The second-order valence-electron chi connectivity index (χ2n) is 8.31. The summed E-state index contributed by atoms with van der Waals surface area (Å²) in [6.45, 7) is -0.130. The summed E-state index contributed by atoms with van der Waals surface area (Å²) in [4.78, 5) is 8.27. The molecular weight excluding hydrogens is 448 g/mol. The van der Waals surface area contributed by atoms with Gasteiger partial charge in [0.1, 0.15) is 47.9 Å². The average Bonchev–Trinajstić information content (AvgIpc) is 3.37. The fourth-order valence-electron chi connectivity index (χ4n) is 4.41. The highest BCUT2D eigenvalue weighted by Gasteiger charge is 2.45. The van der Waals surface area contributed by atoms with E-state index in [9.17, 15) is 20.6 Å². The van der Waals surface area contributed by atoms with E-state index in [0.717, 1.165) is 16.7 Å². The fraction of sp³-hybridized carbons (Fsp3) is 0.240. The number of anilines is 2. The molecule has 2 aromatic heterocycles. The lowest BCUT2D eigenvalue weighted by Gasteiger charge is -2.21. The van der Waals surface area contributed by atoms with Crippen molar-refractivity contribution in [3.05, 3.63) is 72.1 Å². The Morgan fingerprint density at radius 3 is 2.40 bits per heavy atom. The SMILES string of the molecule is N#Cc1c(NCc2ccc(-c3ccccc3)cc2)n(C2OC(CO)[C@@H](O)[C@H]2O)c2ncnc(N)c12. The number of benzene rings is 2. The third kappa shape index (κ3) is 3.96. The van der Waals surface area contributed by atoms with Gasteiger partial charge in [-0.1, -0.05) is 54.6 Å². The Bertz CT molecular complexity index is 1380. The predicted molar refractivity (Wildman–Crippen MR) is 129 cm³/mol. The van der Waals surface area contributed by atoms with Gasteiger partial charge in [0.05, 0.1) is 12.0 Å². The maximum Gasteiger partial charge on any atom is 0.166 e. The van der Waals surface area contributed by atoms with E-state index in [1.807, 2.05) is 54.6 Å². The summed E-state index contributed by atoms with van der Waals surface area (Å²) in [6.07, 6.45) is -3.52. The Kier molecular flexibility index (Phi) is 6.07. The Morgan fingerprint density at radius 1 is 1.03 bits per heavy atom. The Morgan fingerprint density at radius 2 is 1.74 bits per heavy atom. The topological polar surface area (TPSA) is 162 Å². The van der Waals surface area contributed by atoms with Crippen LogP contribution in [0.25, 0.3) is 22.2 Å². The van der Waals surface area contributed by atoms with Gasteiger partial charge in [-0.15, -0.1) is 0 Å². The number of rotatable bonds is 6. The molecule has 0 saturated carbocycles. The zero-order valence-corrected chi connectivity index (χ0v) is 18.6. The Hall–Kier alpha value is -4.01. The van der Waals surface area contributed by atoms with Gasteiger partial charge in [0.25, 0.3) is 0 Å². The van der Waals surface area contributed by atoms with Gasteiger partial charge in [-0.25, -0.2) is 9.97 Å². The van der Waals surface area contributed by atoms with Gasteiger partial charge < -0.3 is 31.1 Å². The molecule has 1 aliphatic heterocycles. The Balaban J connectivity index is 1.52. The van der Waals surface area contributed by atoms with E-state index in [-0.39, 0.29) is 17.0 Å². The molecule has 2 unspecified atom stereocenters. The van der Waals surface area contributed by atoms with Crippen LogP contribution >= 0.6 is 0 Å². The molecule has 0 spiro atoms. The number of ether oxygens (including phenoxy) is 1. The van der Waals surface area contributed by atoms with Crippen molar-refractivity contribution < 1.29 is 20.1 Å². The molecule has 178 valence electrons. The van der Waals surface area contributed by atoms with E-state index in [0.29, 0.717) is 17.7 Å². The molecule has 10 heteroatoms. The number of nitrogens with two attached hydrogens (primary N) is 1. The highest BCUT2D eigenvalue weighted by Crippen LogP contribution is 2.39. The van der Waals surface area contributed by atoms with Crippen LogP contribution in [0.1, 0.15) is 17.4 Å². The predicted octanol–water partition coefficient (Wildman–Crippen LogP) is 1.78. The number of aromatic nitrogens is 3. The number of nitrogens with zero attached hydrogens (tertiary/aromatic N) is 4. The lowest BCUT2D eigenvalue weighted by atomic mass is 10.0. The summed E-state index contributed by atoms with van der Waals surface area (Å²) in [5.74, 6) is 0.420. The molecule has 0 amide bonds. The van der Waals surface area contributed by atoms with Crippen LogP contribution in [0.2, 0.25) is 0 Å². The minimum Gasteiger partial charge on any atom is -0.394 e. The zero-order valence-electron chi connectivity index (χ0n) is 18.6. The van der Waals surface area contributed by atoms with Gasteiger partial charge in [-0.05, 0) is 16.7 Å². The Labute approximate surface area is 200 Å². The number of nitrogen functional groups attached to an aromatic ring is 1. The molecule has 1 saturated heterocycles. The van der Waals surface area contributed by atoms with Crippen LogP contribution < -0.4 is 11.1 Å². The lowest BCUT2D eigenvalue weighted by molar-refractivity contribution is -0.0499. The lowest BCUT2D eigenvalue weighted by Crippen LogP contribution is -2.33. The molecule has 0 radical (unpaired) electrons. The van der Waals surface area contributed by atoms with Crippen molar-refractivity contribution in [3.8, 4) is 17.2 Å². The molecule has 4 atom stereocenters. The van der Waals surface area contributed by atoms with E-state index in [1.165, 1.54) is 10.9 Å². The average molecular weight is 473 g/mol. The van der Waals surface area contributed by atoms with Crippen LogP contribution in [0.5, 0.6) is 0 Å². The molecule has 5 rings (SSSR count). The zero-order chi connectivity index (χ0) is 24.5. The minimum atomic E-state index is -1.36. The van der Waals surface area contributed by atoms with E-state index in [1.54, 1.807) is 0 Å². The van der Waals surface area contributed by atoms with E-state index < -0.39 is 31.1 Å². The van der Waals surface area contributed by atoms with E-state index in [4.69, 9.17) is 10.5 Å². The number of hydrogen-bond acceptors (Lipinski definition) is 9. The molecule has 0 aliphatic carbocycles. The van der Waals surface area contributed by atoms with E-state index in [2.05, 4.69) is 21.4 Å². The monoisotopic (exact) mass is 472 g/mol. The van der Waals surface area contributed by atoms with Gasteiger partial charge in [0.15, 0.2) is 11.9 Å². The maximum absolute atomic E-state index is 10.7. The largest absolute Gasteiger partial charge is 0.394 e. The summed E-state index contributed by atoms with van der Waals surface area (Å²) in [5, 5.41) is 44.1.